The van der Waals surface area contributed by atoms with Gasteiger partial charge in [0.2, 0.25) is 5.91 Å². The Morgan fingerprint density at radius 1 is 1.35 bits per heavy atom. The minimum Gasteiger partial charge on any atom is -0.441 e. The molecule has 0 N–H and O–H groups in total. The van der Waals surface area contributed by atoms with Gasteiger partial charge in [0, 0.05) is 40.7 Å². The van der Waals surface area contributed by atoms with Crippen molar-refractivity contribution in [3.05, 3.63) is 62.7 Å². The van der Waals surface area contributed by atoms with E-state index >= 15 is 0 Å². The molecule has 0 aliphatic heterocycles. The molecule has 0 saturated heterocycles. The van der Waals surface area contributed by atoms with Crippen molar-refractivity contribution in [1.29, 1.82) is 0 Å². The molecule has 8 heteroatoms. The largest absolute Gasteiger partial charge is 0.441 e. The van der Waals surface area contributed by atoms with Gasteiger partial charge in [-0.2, -0.15) is 0 Å². The number of oxazole rings is 1. The zero-order chi connectivity index (χ0) is 18.7. The third kappa shape index (κ3) is 4.56. The first-order chi connectivity index (χ1) is 12.4. The molecule has 0 bridgehead atoms. The molecule has 2 heterocycles. The topological polar surface area (TPSA) is 46.3 Å². The quantitative estimate of drug-likeness (QED) is 0.539. The van der Waals surface area contributed by atoms with Gasteiger partial charge in [-0.25, -0.2) is 13.8 Å². The summed E-state index contributed by atoms with van der Waals surface area (Å²) in [4.78, 5) is 19.0. The fraction of sp³-hybridized carbons (Fsp3) is 0.222. The Hall–Kier alpha value is -2.06. The van der Waals surface area contributed by atoms with Gasteiger partial charge in [-0.05, 0) is 34.1 Å². The number of aromatic nitrogens is 1. The van der Waals surface area contributed by atoms with Gasteiger partial charge < -0.3 is 9.32 Å². The molecule has 0 saturated carbocycles. The van der Waals surface area contributed by atoms with Crippen molar-refractivity contribution >= 4 is 33.2 Å². The average Bonchev–Trinajstić information content (AvgIpc) is 3.21. The summed E-state index contributed by atoms with van der Waals surface area (Å²) in [6.45, 7) is 0.534. The zero-order valence-corrected chi connectivity index (χ0v) is 16.2. The number of amides is 1. The number of hydrogen-bond acceptors (Lipinski definition) is 4. The van der Waals surface area contributed by atoms with Crippen LogP contribution in [0.4, 0.5) is 8.78 Å². The van der Waals surface area contributed by atoms with Gasteiger partial charge in [-0.1, -0.05) is 0 Å². The van der Waals surface area contributed by atoms with E-state index in [4.69, 9.17) is 4.42 Å². The number of halogens is 3. The minimum atomic E-state index is -0.717. The predicted octanol–water partition coefficient (Wildman–Crippen LogP) is 5.04. The highest BCUT2D eigenvalue weighted by atomic mass is 79.9. The van der Waals surface area contributed by atoms with Crippen molar-refractivity contribution < 1.29 is 18.0 Å². The molecule has 0 aliphatic carbocycles. The van der Waals surface area contributed by atoms with Crippen LogP contribution in [0.1, 0.15) is 17.2 Å². The first kappa shape index (κ1) is 18.7. The molecule has 3 aromatic rings. The molecular weight excluding hydrogens is 426 g/mol. The van der Waals surface area contributed by atoms with Crippen molar-refractivity contribution in [2.24, 2.45) is 0 Å². The van der Waals surface area contributed by atoms with Crippen LogP contribution in [0.2, 0.25) is 0 Å². The molecule has 2 aromatic heterocycles. The number of rotatable bonds is 6. The maximum Gasteiger partial charge on any atom is 0.223 e. The van der Waals surface area contributed by atoms with Gasteiger partial charge in [-0.3, -0.25) is 4.79 Å². The number of aryl methyl sites for hydroxylation is 1. The Balaban J connectivity index is 1.58. The summed E-state index contributed by atoms with van der Waals surface area (Å²) in [6, 6.07) is 5.22. The Labute approximate surface area is 161 Å². The number of carbonyl (C=O) groups is 1. The first-order valence-corrected chi connectivity index (χ1v) is 9.46. The van der Waals surface area contributed by atoms with Crippen molar-refractivity contribution in [2.75, 3.05) is 7.05 Å². The van der Waals surface area contributed by atoms with E-state index in [2.05, 4.69) is 20.9 Å². The average molecular weight is 441 g/mol. The standard InChI is InChI=1S/C18H15BrF2N2O2S/c1-23(9-13-6-11(19)10-26-13)18(24)5-4-17-22-8-16(25-17)14-3-2-12(20)7-15(14)21/h2-3,6-8,10H,4-5,9H2,1H3. The fourth-order valence-electron chi connectivity index (χ4n) is 2.40. The normalized spacial score (nSPS) is 10.9. The molecule has 26 heavy (non-hydrogen) atoms. The predicted molar refractivity (Wildman–Crippen MR) is 98.7 cm³/mol. The van der Waals surface area contributed by atoms with E-state index in [1.165, 1.54) is 12.3 Å². The molecule has 0 fully saturated rings. The summed E-state index contributed by atoms with van der Waals surface area (Å²) in [5, 5.41) is 1.97. The molecule has 0 unspecified atom stereocenters. The molecular formula is C18H15BrF2N2O2S. The summed E-state index contributed by atoms with van der Waals surface area (Å²) in [5.74, 6) is -0.865. The van der Waals surface area contributed by atoms with Crippen molar-refractivity contribution in [2.45, 2.75) is 19.4 Å². The van der Waals surface area contributed by atoms with Crippen LogP contribution in [0.15, 0.2) is 44.7 Å². The van der Waals surface area contributed by atoms with Gasteiger partial charge in [-0.15, -0.1) is 11.3 Å². The second-order valence-corrected chi connectivity index (χ2v) is 7.63. The number of nitrogens with zero attached hydrogens (tertiary/aromatic N) is 2. The molecule has 0 radical (unpaired) electrons. The van der Waals surface area contributed by atoms with E-state index < -0.39 is 11.6 Å². The smallest absolute Gasteiger partial charge is 0.223 e. The van der Waals surface area contributed by atoms with Crippen molar-refractivity contribution in [1.82, 2.24) is 9.88 Å². The molecule has 0 spiro atoms. The summed E-state index contributed by atoms with van der Waals surface area (Å²) in [7, 11) is 1.74. The van der Waals surface area contributed by atoms with Gasteiger partial charge in [0.05, 0.1) is 18.3 Å². The van der Waals surface area contributed by atoms with Crippen LogP contribution in [0.25, 0.3) is 11.3 Å². The number of thiophene rings is 1. The van der Waals surface area contributed by atoms with Crippen LogP contribution in [-0.2, 0) is 17.8 Å². The second-order valence-electron chi connectivity index (χ2n) is 5.72. The monoisotopic (exact) mass is 440 g/mol. The lowest BCUT2D eigenvalue weighted by molar-refractivity contribution is -0.130. The Kier molecular flexibility index (Phi) is 5.83. The van der Waals surface area contributed by atoms with Crippen molar-refractivity contribution in [3.8, 4) is 11.3 Å². The fourth-order valence-corrected chi connectivity index (χ4v) is 3.91. The van der Waals surface area contributed by atoms with Crippen LogP contribution in [0, 0.1) is 11.6 Å². The molecule has 1 aromatic carbocycles. The summed E-state index contributed by atoms with van der Waals surface area (Å²) in [6.07, 6.45) is 1.91. The molecule has 1 amide bonds. The second kappa shape index (κ2) is 8.09. The Bertz CT molecular complexity index is 926. The van der Waals surface area contributed by atoms with Crippen LogP contribution in [-0.4, -0.2) is 22.8 Å². The summed E-state index contributed by atoms with van der Waals surface area (Å²) >= 11 is 4.97. The van der Waals surface area contributed by atoms with Crippen LogP contribution < -0.4 is 0 Å². The van der Waals surface area contributed by atoms with Gasteiger partial charge in [0.25, 0.3) is 0 Å². The highest BCUT2D eigenvalue weighted by Gasteiger charge is 2.15. The van der Waals surface area contributed by atoms with Gasteiger partial charge in [0.15, 0.2) is 11.7 Å². The number of benzene rings is 1. The lowest BCUT2D eigenvalue weighted by atomic mass is 10.2. The highest BCUT2D eigenvalue weighted by molar-refractivity contribution is 9.10. The lowest BCUT2D eigenvalue weighted by Gasteiger charge is -2.15. The number of hydrogen-bond donors (Lipinski definition) is 0. The number of carbonyl (C=O) groups excluding carboxylic acids is 1. The van der Waals surface area contributed by atoms with Gasteiger partial charge in [0.1, 0.15) is 11.6 Å². The SMILES string of the molecule is CN(Cc1cc(Br)cs1)C(=O)CCc1ncc(-c2ccc(F)cc2F)o1. The van der Waals surface area contributed by atoms with Crippen molar-refractivity contribution in [3.63, 3.8) is 0 Å². The van der Waals surface area contributed by atoms with Crippen LogP contribution >= 0.6 is 27.3 Å². The molecule has 3 rings (SSSR count). The summed E-state index contributed by atoms with van der Waals surface area (Å²) in [5.41, 5.74) is 0.136. The van der Waals surface area contributed by atoms with E-state index in [1.54, 1.807) is 23.3 Å². The zero-order valence-electron chi connectivity index (χ0n) is 13.8. The van der Waals surface area contributed by atoms with Gasteiger partial charge >= 0.3 is 0 Å². The third-order valence-electron chi connectivity index (χ3n) is 3.74. The van der Waals surface area contributed by atoms with Crippen LogP contribution in [0.3, 0.4) is 0 Å². The third-order valence-corrected chi connectivity index (χ3v) is 5.43. The van der Waals surface area contributed by atoms with E-state index in [0.29, 0.717) is 18.9 Å². The summed E-state index contributed by atoms with van der Waals surface area (Å²) < 4.78 is 33.3. The highest BCUT2D eigenvalue weighted by Crippen LogP contribution is 2.25. The van der Waals surface area contributed by atoms with E-state index in [0.717, 1.165) is 21.5 Å². The Morgan fingerprint density at radius 3 is 2.85 bits per heavy atom. The first-order valence-electron chi connectivity index (χ1n) is 7.79. The van der Waals surface area contributed by atoms with E-state index in [1.807, 2.05) is 11.4 Å². The molecule has 4 nitrogen and oxygen atoms in total. The molecule has 0 atom stereocenters. The van der Waals surface area contributed by atoms with Crippen LogP contribution in [0.5, 0.6) is 0 Å². The maximum absolute atomic E-state index is 13.8. The minimum absolute atomic E-state index is 0.0396. The molecule has 0 aliphatic rings. The molecule has 136 valence electrons. The Morgan fingerprint density at radius 2 is 2.15 bits per heavy atom. The van der Waals surface area contributed by atoms with E-state index in [-0.39, 0.29) is 23.7 Å². The lowest BCUT2D eigenvalue weighted by Crippen LogP contribution is -2.26. The maximum atomic E-state index is 13.8. The van der Waals surface area contributed by atoms with E-state index in [9.17, 15) is 13.6 Å².